The van der Waals surface area contributed by atoms with Crippen molar-refractivity contribution in [1.29, 1.82) is 0 Å². The second-order valence-corrected chi connectivity index (χ2v) is 5.87. The highest BCUT2D eigenvalue weighted by molar-refractivity contribution is 5.74. The van der Waals surface area contributed by atoms with E-state index in [4.69, 9.17) is 5.11 Å². The van der Waals surface area contributed by atoms with E-state index >= 15 is 0 Å². The standard InChI is InChI=1S/C15H29N3O3/c1-4-17(5-2)10-12(3)16-15(21)18-9-8-13(11-18)6-7-14(19)20/h12-13H,4-11H2,1-3H3,(H,16,21)(H,19,20). The zero-order chi connectivity index (χ0) is 15.8. The van der Waals surface area contributed by atoms with Crippen LogP contribution in [0, 0.1) is 5.92 Å². The van der Waals surface area contributed by atoms with Gasteiger partial charge in [-0.05, 0) is 38.8 Å². The zero-order valence-electron chi connectivity index (χ0n) is 13.5. The van der Waals surface area contributed by atoms with Gasteiger partial charge in [-0.15, -0.1) is 0 Å². The molecule has 1 heterocycles. The van der Waals surface area contributed by atoms with E-state index in [1.54, 1.807) is 0 Å². The lowest BCUT2D eigenvalue weighted by molar-refractivity contribution is -0.137. The summed E-state index contributed by atoms with van der Waals surface area (Å²) in [6, 6.07) is 0.1000. The number of nitrogens with one attached hydrogen (secondary N) is 1. The smallest absolute Gasteiger partial charge is 0.317 e. The van der Waals surface area contributed by atoms with Crippen molar-refractivity contribution in [1.82, 2.24) is 15.1 Å². The van der Waals surface area contributed by atoms with E-state index in [1.165, 1.54) is 0 Å². The van der Waals surface area contributed by atoms with Crippen molar-refractivity contribution >= 4 is 12.0 Å². The van der Waals surface area contributed by atoms with Crippen LogP contribution in [0.25, 0.3) is 0 Å². The van der Waals surface area contributed by atoms with Crippen LogP contribution in [0.4, 0.5) is 4.79 Å². The lowest BCUT2D eigenvalue weighted by Gasteiger charge is -2.25. The van der Waals surface area contributed by atoms with Crippen molar-refractivity contribution < 1.29 is 14.7 Å². The molecule has 2 unspecified atom stereocenters. The van der Waals surface area contributed by atoms with Crippen LogP contribution >= 0.6 is 0 Å². The van der Waals surface area contributed by atoms with Gasteiger partial charge in [0.25, 0.3) is 0 Å². The fraction of sp³-hybridized carbons (Fsp3) is 0.867. The molecule has 0 saturated carbocycles. The molecular weight excluding hydrogens is 270 g/mol. The molecule has 2 N–H and O–H groups in total. The lowest BCUT2D eigenvalue weighted by Crippen LogP contribution is -2.47. The third kappa shape index (κ3) is 6.33. The average Bonchev–Trinajstić information content (AvgIpc) is 2.91. The van der Waals surface area contributed by atoms with Crippen LogP contribution in [0.5, 0.6) is 0 Å². The topological polar surface area (TPSA) is 72.9 Å². The first-order chi connectivity index (χ1) is 9.96. The minimum atomic E-state index is -0.759. The first-order valence-electron chi connectivity index (χ1n) is 7.95. The molecule has 21 heavy (non-hydrogen) atoms. The van der Waals surface area contributed by atoms with Gasteiger partial charge in [0.2, 0.25) is 0 Å². The first-order valence-corrected chi connectivity index (χ1v) is 7.95. The maximum atomic E-state index is 12.2. The van der Waals surface area contributed by atoms with Gasteiger partial charge in [0.15, 0.2) is 0 Å². The van der Waals surface area contributed by atoms with Crippen LogP contribution in [0.1, 0.15) is 40.0 Å². The van der Waals surface area contributed by atoms with Crippen molar-refractivity contribution in [2.45, 2.75) is 46.1 Å². The van der Waals surface area contributed by atoms with Gasteiger partial charge in [-0.25, -0.2) is 4.79 Å². The molecule has 122 valence electrons. The number of nitrogens with zero attached hydrogens (tertiary/aromatic N) is 2. The molecule has 0 radical (unpaired) electrons. The number of carbonyl (C=O) groups excluding carboxylic acids is 1. The number of carbonyl (C=O) groups is 2. The molecule has 0 aromatic heterocycles. The van der Waals surface area contributed by atoms with E-state index in [0.717, 1.165) is 32.6 Å². The number of hydrogen-bond acceptors (Lipinski definition) is 3. The summed E-state index contributed by atoms with van der Waals surface area (Å²) >= 11 is 0. The molecule has 0 spiro atoms. The van der Waals surface area contributed by atoms with Gasteiger partial charge < -0.3 is 20.2 Å². The Morgan fingerprint density at radius 2 is 2.05 bits per heavy atom. The van der Waals surface area contributed by atoms with E-state index < -0.39 is 5.97 Å². The van der Waals surface area contributed by atoms with Gasteiger partial charge in [-0.1, -0.05) is 13.8 Å². The van der Waals surface area contributed by atoms with Gasteiger partial charge in [-0.3, -0.25) is 4.79 Å². The number of amides is 2. The molecule has 1 fully saturated rings. The molecule has 0 aliphatic carbocycles. The van der Waals surface area contributed by atoms with E-state index in [0.29, 0.717) is 18.9 Å². The fourth-order valence-corrected chi connectivity index (χ4v) is 2.80. The summed E-state index contributed by atoms with van der Waals surface area (Å²) in [6.45, 7) is 10.5. The van der Waals surface area contributed by atoms with Crippen LogP contribution < -0.4 is 5.32 Å². The Hall–Kier alpha value is -1.30. The molecule has 6 heteroatoms. The van der Waals surface area contributed by atoms with Crippen molar-refractivity contribution in [3.05, 3.63) is 0 Å². The van der Waals surface area contributed by atoms with Crippen molar-refractivity contribution in [3.63, 3.8) is 0 Å². The first kappa shape index (κ1) is 17.8. The van der Waals surface area contributed by atoms with Crippen LogP contribution in [-0.2, 0) is 4.79 Å². The molecule has 1 saturated heterocycles. The summed E-state index contributed by atoms with van der Waals surface area (Å²) in [4.78, 5) is 26.8. The van der Waals surface area contributed by atoms with Gasteiger partial charge in [0, 0.05) is 32.1 Å². The summed E-state index contributed by atoms with van der Waals surface area (Å²) in [6.07, 6.45) is 1.76. The molecular formula is C15H29N3O3. The third-order valence-electron chi connectivity index (χ3n) is 4.14. The molecule has 2 amide bonds. The van der Waals surface area contributed by atoms with Gasteiger partial charge >= 0.3 is 12.0 Å². The Labute approximate surface area is 127 Å². The lowest BCUT2D eigenvalue weighted by atomic mass is 10.0. The summed E-state index contributed by atoms with van der Waals surface area (Å²) in [5.74, 6) is -0.435. The number of carboxylic acids is 1. The Kier molecular flexibility index (Phi) is 7.50. The Balaban J connectivity index is 2.31. The number of urea groups is 1. The van der Waals surface area contributed by atoms with Gasteiger partial charge in [0.05, 0.1) is 0 Å². The second-order valence-electron chi connectivity index (χ2n) is 5.87. The molecule has 2 atom stereocenters. The summed E-state index contributed by atoms with van der Waals surface area (Å²) < 4.78 is 0. The van der Waals surface area contributed by atoms with Crippen molar-refractivity contribution in [3.8, 4) is 0 Å². The largest absolute Gasteiger partial charge is 0.481 e. The Morgan fingerprint density at radius 1 is 1.38 bits per heavy atom. The summed E-state index contributed by atoms with van der Waals surface area (Å²) in [5.41, 5.74) is 0. The van der Waals surface area contributed by atoms with E-state index in [9.17, 15) is 9.59 Å². The molecule has 6 nitrogen and oxygen atoms in total. The number of rotatable bonds is 8. The number of carboxylic acid groups (broad SMARTS) is 1. The Morgan fingerprint density at radius 3 is 2.62 bits per heavy atom. The van der Waals surface area contributed by atoms with Crippen molar-refractivity contribution in [2.24, 2.45) is 5.92 Å². The maximum absolute atomic E-state index is 12.2. The minimum Gasteiger partial charge on any atom is -0.481 e. The van der Waals surface area contributed by atoms with Crippen LogP contribution in [-0.4, -0.2) is 65.7 Å². The van der Waals surface area contributed by atoms with E-state index in [-0.39, 0.29) is 18.5 Å². The highest BCUT2D eigenvalue weighted by Gasteiger charge is 2.27. The van der Waals surface area contributed by atoms with E-state index in [2.05, 4.69) is 24.1 Å². The third-order valence-corrected chi connectivity index (χ3v) is 4.14. The average molecular weight is 299 g/mol. The summed E-state index contributed by atoms with van der Waals surface area (Å²) in [5, 5.41) is 11.7. The molecule has 1 aliphatic heterocycles. The van der Waals surface area contributed by atoms with Crippen LogP contribution in [0.3, 0.4) is 0 Å². The second kappa shape index (κ2) is 8.87. The molecule has 1 aliphatic rings. The fourth-order valence-electron chi connectivity index (χ4n) is 2.80. The molecule has 0 aromatic carbocycles. The van der Waals surface area contributed by atoms with Gasteiger partial charge in [-0.2, -0.15) is 0 Å². The zero-order valence-corrected chi connectivity index (χ0v) is 13.5. The van der Waals surface area contributed by atoms with Crippen molar-refractivity contribution in [2.75, 3.05) is 32.7 Å². The molecule has 0 bridgehead atoms. The Bertz CT molecular complexity index is 345. The van der Waals surface area contributed by atoms with E-state index in [1.807, 2.05) is 11.8 Å². The van der Waals surface area contributed by atoms with Gasteiger partial charge in [0.1, 0.15) is 0 Å². The SMILES string of the molecule is CCN(CC)CC(C)NC(=O)N1CCC(CCC(=O)O)C1. The number of likely N-dealkylation sites (tertiary alicyclic amines) is 1. The number of hydrogen-bond donors (Lipinski definition) is 2. The summed E-state index contributed by atoms with van der Waals surface area (Å²) in [7, 11) is 0. The minimum absolute atomic E-state index is 0.0209. The number of aliphatic carboxylic acids is 1. The van der Waals surface area contributed by atoms with Crippen LogP contribution in [0.2, 0.25) is 0 Å². The predicted molar refractivity (Wildman–Crippen MR) is 82.3 cm³/mol. The molecule has 0 aromatic rings. The normalized spacial score (nSPS) is 19.8. The maximum Gasteiger partial charge on any atom is 0.317 e. The number of likely N-dealkylation sites (N-methyl/N-ethyl adjacent to an activating group) is 1. The highest BCUT2D eigenvalue weighted by Crippen LogP contribution is 2.21. The predicted octanol–water partition coefficient (Wildman–Crippen LogP) is 1.61. The van der Waals surface area contributed by atoms with Crippen LogP contribution in [0.15, 0.2) is 0 Å². The molecule has 1 rings (SSSR count). The highest BCUT2D eigenvalue weighted by atomic mass is 16.4. The quantitative estimate of drug-likeness (QED) is 0.714. The monoisotopic (exact) mass is 299 g/mol.